The minimum absolute atomic E-state index is 0.0377. The van der Waals surface area contributed by atoms with Crippen molar-refractivity contribution in [3.8, 4) is 22.6 Å². The van der Waals surface area contributed by atoms with Crippen LogP contribution < -0.4 is 11.2 Å². The second kappa shape index (κ2) is 6.05. The van der Waals surface area contributed by atoms with E-state index in [0.29, 0.717) is 29.1 Å². The standard InChI is InChI=1S/C15H11ClFN5O/c16-10-7-19-15(18)21-14(10)13-6-5-12(22(13)20-8-23)9-3-1-2-4-11(9)17/h1-8H,(H,20,23)(H2,18,19,21). The molecule has 1 aromatic carbocycles. The van der Waals surface area contributed by atoms with Crippen LogP contribution in [-0.4, -0.2) is 21.1 Å². The fourth-order valence-electron chi connectivity index (χ4n) is 2.25. The third kappa shape index (κ3) is 2.74. The molecule has 0 aliphatic rings. The Morgan fingerprint density at radius 1 is 1.22 bits per heavy atom. The van der Waals surface area contributed by atoms with Crippen molar-refractivity contribution >= 4 is 24.0 Å². The molecule has 8 heteroatoms. The van der Waals surface area contributed by atoms with E-state index < -0.39 is 5.82 Å². The first-order chi connectivity index (χ1) is 11.1. The van der Waals surface area contributed by atoms with Crippen molar-refractivity contribution in [2.45, 2.75) is 0 Å². The van der Waals surface area contributed by atoms with Gasteiger partial charge in [0, 0.05) is 5.56 Å². The zero-order valence-electron chi connectivity index (χ0n) is 11.7. The van der Waals surface area contributed by atoms with Crippen LogP contribution in [0.2, 0.25) is 5.02 Å². The Hall–Kier alpha value is -2.93. The number of benzene rings is 1. The molecule has 23 heavy (non-hydrogen) atoms. The molecule has 0 saturated carbocycles. The molecular weight excluding hydrogens is 321 g/mol. The summed E-state index contributed by atoms with van der Waals surface area (Å²) < 4.78 is 15.4. The van der Waals surface area contributed by atoms with E-state index in [0.717, 1.165) is 0 Å². The van der Waals surface area contributed by atoms with E-state index in [1.165, 1.54) is 16.9 Å². The largest absolute Gasteiger partial charge is 0.368 e. The van der Waals surface area contributed by atoms with Crippen LogP contribution in [0.1, 0.15) is 0 Å². The summed E-state index contributed by atoms with van der Waals surface area (Å²) in [4.78, 5) is 18.8. The number of nitrogens with two attached hydrogens (primary N) is 1. The topological polar surface area (TPSA) is 85.8 Å². The highest BCUT2D eigenvalue weighted by molar-refractivity contribution is 6.32. The molecule has 2 heterocycles. The van der Waals surface area contributed by atoms with Gasteiger partial charge in [-0.1, -0.05) is 23.7 Å². The normalized spacial score (nSPS) is 10.5. The summed E-state index contributed by atoms with van der Waals surface area (Å²) in [5, 5.41) is 0.256. The maximum absolute atomic E-state index is 14.0. The van der Waals surface area contributed by atoms with Crippen molar-refractivity contribution in [3.05, 3.63) is 53.4 Å². The van der Waals surface area contributed by atoms with Gasteiger partial charge in [-0.3, -0.25) is 14.9 Å². The van der Waals surface area contributed by atoms with Gasteiger partial charge in [-0.05, 0) is 24.3 Å². The van der Waals surface area contributed by atoms with Gasteiger partial charge in [-0.15, -0.1) is 0 Å². The molecule has 0 aliphatic carbocycles. The third-order valence-corrected chi connectivity index (χ3v) is 3.49. The van der Waals surface area contributed by atoms with Crippen molar-refractivity contribution in [2.75, 3.05) is 11.2 Å². The predicted molar refractivity (Wildman–Crippen MR) is 85.7 cm³/mol. The number of nitrogens with zero attached hydrogens (tertiary/aromatic N) is 3. The molecule has 0 unspecified atom stereocenters. The summed E-state index contributed by atoms with van der Waals surface area (Å²) in [6, 6.07) is 9.54. The first kappa shape index (κ1) is 15.0. The molecule has 0 bridgehead atoms. The lowest BCUT2D eigenvalue weighted by Crippen LogP contribution is -2.15. The quantitative estimate of drug-likeness (QED) is 0.720. The Morgan fingerprint density at radius 2 is 1.96 bits per heavy atom. The lowest BCUT2D eigenvalue weighted by atomic mass is 10.1. The molecule has 3 N–H and O–H groups in total. The number of rotatable bonds is 4. The zero-order chi connectivity index (χ0) is 16.4. The molecule has 3 aromatic rings. The van der Waals surface area contributed by atoms with Crippen LogP contribution in [-0.2, 0) is 4.79 Å². The van der Waals surface area contributed by atoms with Crippen LogP contribution in [0.25, 0.3) is 22.6 Å². The van der Waals surface area contributed by atoms with Gasteiger partial charge in [-0.2, -0.15) is 0 Å². The van der Waals surface area contributed by atoms with E-state index >= 15 is 0 Å². The maximum atomic E-state index is 14.0. The number of amides is 1. The first-order valence-electron chi connectivity index (χ1n) is 6.57. The molecule has 0 saturated heterocycles. The molecular formula is C15H11ClFN5O. The predicted octanol–water partition coefficient (Wildman–Crippen LogP) is 2.69. The summed E-state index contributed by atoms with van der Waals surface area (Å²) in [5.41, 5.74) is 9.65. The number of hydrogen-bond donors (Lipinski definition) is 2. The summed E-state index contributed by atoms with van der Waals surface area (Å²) in [5.74, 6) is -0.380. The van der Waals surface area contributed by atoms with E-state index in [1.54, 1.807) is 30.3 Å². The van der Waals surface area contributed by atoms with E-state index in [2.05, 4.69) is 15.4 Å². The van der Waals surface area contributed by atoms with Crippen LogP contribution in [0.3, 0.4) is 0 Å². The fourth-order valence-corrected chi connectivity index (χ4v) is 2.44. The Bertz CT molecular complexity index is 880. The highest BCUT2D eigenvalue weighted by Gasteiger charge is 2.17. The minimum atomic E-state index is -0.417. The smallest absolute Gasteiger partial charge is 0.226 e. The summed E-state index contributed by atoms with van der Waals surface area (Å²) in [6.07, 6.45) is 1.84. The summed E-state index contributed by atoms with van der Waals surface area (Å²) >= 11 is 6.11. The van der Waals surface area contributed by atoms with E-state index in [9.17, 15) is 9.18 Å². The maximum Gasteiger partial charge on any atom is 0.226 e. The molecule has 0 fully saturated rings. The van der Waals surface area contributed by atoms with Gasteiger partial charge in [0.25, 0.3) is 0 Å². The zero-order valence-corrected chi connectivity index (χ0v) is 12.5. The van der Waals surface area contributed by atoms with Crippen LogP contribution >= 0.6 is 11.6 Å². The van der Waals surface area contributed by atoms with Crippen molar-refractivity contribution in [1.82, 2.24) is 14.6 Å². The average molecular weight is 332 g/mol. The molecule has 0 radical (unpaired) electrons. The molecule has 0 atom stereocenters. The molecule has 6 nitrogen and oxygen atoms in total. The fraction of sp³-hybridized carbons (Fsp3) is 0. The van der Waals surface area contributed by atoms with Crippen LogP contribution in [0, 0.1) is 5.82 Å². The van der Waals surface area contributed by atoms with Crippen molar-refractivity contribution in [1.29, 1.82) is 0 Å². The summed E-state index contributed by atoms with van der Waals surface area (Å²) in [7, 11) is 0. The van der Waals surface area contributed by atoms with E-state index in [4.69, 9.17) is 17.3 Å². The second-order valence-electron chi connectivity index (χ2n) is 4.59. The Balaban J connectivity index is 2.22. The van der Waals surface area contributed by atoms with Crippen LogP contribution in [0.4, 0.5) is 10.3 Å². The van der Waals surface area contributed by atoms with Crippen molar-refractivity contribution < 1.29 is 9.18 Å². The van der Waals surface area contributed by atoms with E-state index in [-0.39, 0.29) is 11.0 Å². The number of hydrogen-bond acceptors (Lipinski definition) is 4. The Kier molecular flexibility index (Phi) is 3.94. The van der Waals surface area contributed by atoms with Crippen LogP contribution in [0.15, 0.2) is 42.6 Å². The van der Waals surface area contributed by atoms with Gasteiger partial charge < -0.3 is 5.73 Å². The highest BCUT2D eigenvalue weighted by atomic mass is 35.5. The van der Waals surface area contributed by atoms with Gasteiger partial charge in [0.2, 0.25) is 12.4 Å². The van der Waals surface area contributed by atoms with Gasteiger partial charge in [0.15, 0.2) is 0 Å². The Labute approximate surface area is 135 Å². The van der Waals surface area contributed by atoms with E-state index in [1.807, 2.05) is 0 Å². The molecule has 1 amide bonds. The monoisotopic (exact) mass is 331 g/mol. The third-order valence-electron chi connectivity index (χ3n) is 3.22. The first-order valence-corrected chi connectivity index (χ1v) is 6.95. The number of carbonyl (C=O) groups is 1. The molecule has 0 aliphatic heterocycles. The number of aromatic nitrogens is 3. The number of carbonyl (C=O) groups excluding carboxylic acids is 1. The molecule has 116 valence electrons. The van der Waals surface area contributed by atoms with Gasteiger partial charge >= 0.3 is 0 Å². The lowest BCUT2D eigenvalue weighted by molar-refractivity contribution is -0.106. The summed E-state index contributed by atoms with van der Waals surface area (Å²) in [6.45, 7) is 0. The Morgan fingerprint density at radius 3 is 2.70 bits per heavy atom. The second-order valence-corrected chi connectivity index (χ2v) is 5.00. The van der Waals surface area contributed by atoms with Crippen LogP contribution in [0.5, 0.6) is 0 Å². The van der Waals surface area contributed by atoms with Gasteiger partial charge in [0.1, 0.15) is 11.5 Å². The highest BCUT2D eigenvalue weighted by Crippen LogP contribution is 2.31. The minimum Gasteiger partial charge on any atom is -0.368 e. The number of nitrogens with one attached hydrogen (secondary N) is 1. The number of anilines is 1. The van der Waals surface area contributed by atoms with Crippen molar-refractivity contribution in [3.63, 3.8) is 0 Å². The van der Waals surface area contributed by atoms with Crippen molar-refractivity contribution in [2.24, 2.45) is 0 Å². The SMILES string of the molecule is Nc1ncc(Cl)c(-c2ccc(-c3ccccc3F)n2NC=O)n1. The molecule has 3 rings (SSSR count). The number of nitrogen functional groups attached to an aromatic ring is 1. The molecule has 2 aromatic heterocycles. The molecule has 0 spiro atoms. The van der Waals surface area contributed by atoms with Gasteiger partial charge in [0.05, 0.1) is 22.6 Å². The number of halogens is 2. The van der Waals surface area contributed by atoms with Gasteiger partial charge in [-0.25, -0.2) is 14.4 Å². The lowest BCUT2D eigenvalue weighted by Gasteiger charge is -2.13. The average Bonchev–Trinajstić information content (AvgIpc) is 2.94.